The number of hydrogen-bond donors (Lipinski definition) is 0. The van der Waals surface area contributed by atoms with Crippen LogP contribution in [0.2, 0.25) is 0 Å². The second-order valence-electron chi connectivity index (χ2n) is 5.83. The highest BCUT2D eigenvalue weighted by molar-refractivity contribution is 5.90. The maximum atomic E-state index is 11.4. The fraction of sp³-hybridized carbons (Fsp3) is 0.438. The third-order valence-electron chi connectivity index (χ3n) is 3.12. The van der Waals surface area contributed by atoms with Gasteiger partial charge < -0.3 is 14.0 Å². The molecule has 0 radical (unpaired) electrons. The van der Waals surface area contributed by atoms with E-state index >= 15 is 0 Å². The summed E-state index contributed by atoms with van der Waals surface area (Å²) < 4.78 is 13.1. The van der Waals surface area contributed by atoms with Crippen LogP contribution in [0.4, 0.5) is 0 Å². The molecule has 1 unspecified atom stereocenters. The van der Waals surface area contributed by atoms with Crippen molar-refractivity contribution in [3.05, 3.63) is 30.0 Å². The monoisotopic (exact) mass is 275 g/mol. The molecule has 0 spiro atoms. The lowest BCUT2D eigenvalue weighted by molar-refractivity contribution is -0.137. The van der Waals surface area contributed by atoms with Crippen LogP contribution in [0.5, 0.6) is 5.75 Å². The van der Waals surface area contributed by atoms with Crippen molar-refractivity contribution < 1.29 is 14.3 Å². The van der Waals surface area contributed by atoms with Gasteiger partial charge in [0.2, 0.25) is 0 Å². The first-order valence-electron chi connectivity index (χ1n) is 6.64. The Hall–Kier alpha value is -1.81. The molecular weight excluding hydrogens is 254 g/mol. The van der Waals surface area contributed by atoms with Gasteiger partial charge in [-0.1, -0.05) is 12.1 Å². The van der Waals surface area contributed by atoms with Gasteiger partial charge in [-0.25, -0.2) is 0 Å². The maximum absolute atomic E-state index is 11.4. The fourth-order valence-corrected chi connectivity index (χ4v) is 2.33. The molecule has 1 aromatic carbocycles. The second-order valence-corrected chi connectivity index (χ2v) is 5.83. The van der Waals surface area contributed by atoms with Gasteiger partial charge >= 0.3 is 0 Å². The zero-order valence-electron chi connectivity index (χ0n) is 12.6. The predicted molar refractivity (Wildman–Crippen MR) is 79.2 cm³/mol. The number of methoxy groups -OCH3 is 1. The molecule has 0 fully saturated rings. The van der Waals surface area contributed by atoms with Crippen LogP contribution in [-0.2, 0) is 9.53 Å². The van der Waals surface area contributed by atoms with E-state index in [4.69, 9.17) is 9.47 Å². The maximum Gasteiger partial charge on any atom is 0.191 e. The molecule has 108 valence electrons. The number of carbonyl (C=O) groups is 1. The molecule has 0 saturated heterocycles. The van der Waals surface area contributed by atoms with Gasteiger partial charge in [0.15, 0.2) is 12.5 Å². The Bertz CT molecular complexity index is 622. The minimum absolute atomic E-state index is 0.404. The van der Waals surface area contributed by atoms with Crippen molar-refractivity contribution in [1.29, 1.82) is 0 Å². The van der Waals surface area contributed by atoms with Gasteiger partial charge in [-0.3, -0.25) is 4.79 Å². The zero-order chi connectivity index (χ0) is 14.9. The minimum atomic E-state index is -0.664. The van der Waals surface area contributed by atoms with Crippen molar-refractivity contribution in [3.8, 4) is 5.75 Å². The summed E-state index contributed by atoms with van der Waals surface area (Å²) in [5.41, 5.74) is 1.64. The zero-order valence-corrected chi connectivity index (χ0v) is 12.6. The Morgan fingerprint density at radius 3 is 2.55 bits per heavy atom. The predicted octanol–water partition coefficient (Wildman–Crippen LogP) is 3.47. The third kappa shape index (κ3) is 2.70. The van der Waals surface area contributed by atoms with Gasteiger partial charge in [-0.15, -0.1) is 0 Å². The molecule has 0 N–H and O–H groups in total. The molecule has 4 heteroatoms. The molecular formula is C16H21NO3. The molecule has 0 saturated carbocycles. The van der Waals surface area contributed by atoms with Crippen molar-refractivity contribution >= 4 is 17.2 Å². The lowest BCUT2D eigenvalue weighted by atomic mass is 10.1. The largest absolute Gasteiger partial charge is 0.494 e. The van der Waals surface area contributed by atoms with Crippen LogP contribution >= 0.6 is 0 Å². The number of aromatic nitrogens is 1. The third-order valence-corrected chi connectivity index (χ3v) is 3.12. The van der Waals surface area contributed by atoms with Crippen LogP contribution in [0.1, 0.15) is 32.6 Å². The Morgan fingerprint density at radius 1 is 1.30 bits per heavy atom. The van der Waals surface area contributed by atoms with Crippen molar-refractivity contribution in [2.75, 3.05) is 7.11 Å². The summed E-state index contributed by atoms with van der Waals surface area (Å²) in [4.78, 5) is 11.4. The number of rotatable bonds is 4. The van der Waals surface area contributed by atoms with Gasteiger partial charge in [0.1, 0.15) is 5.75 Å². The van der Waals surface area contributed by atoms with Crippen LogP contribution in [0, 0.1) is 6.92 Å². The molecule has 0 amide bonds. The van der Waals surface area contributed by atoms with Crippen LogP contribution < -0.4 is 4.74 Å². The highest BCUT2D eigenvalue weighted by Gasteiger charge is 2.22. The number of benzene rings is 1. The first kappa shape index (κ1) is 14.6. The highest BCUT2D eigenvalue weighted by atomic mass is 16.5. The normalized spacial score (nSPS) is 13.4. The first-order valence-corrected chi connectivity index (χ1v) is 6.64. The number of nitrogens with zero attached hydrogens (tertiary/aromatic N) is 1. The molecule has 0 bridgehead atoms. The molecule has 1 aromatic heterocycles. The van der Waals surface area contributed by atoms with Gasteiger partial charge in [-0.05, 0) is 39.3 Å². The number of fused-ring (bicyclic) bond motifs is 1. The van der Waals surface area contributed by atoms with Crippen molar-refractivity contribution in [1.82, 2.24) is 4.57 Å². The number of aldehydes is 1. The Labute approximate surface area is 119 Å². The second kappa shape index (κ2) is 5.29. The van der Waals surface area contributed by atoms with Crippen LogP contribution in [0.3, 0.4) is 0 Å². The first-order chi connectivity index (χ1) is 9.37. The van der Waals surface area contributed by atoms with E-state index in [1.54, 1.807) is 7.11 Å². The number of carbonyl (C=O) groups excluding carboxylic acids is 1. The van der Waals surface area contributed by atoms with E-state index in [2.05, 4.69) is 0 Å². The number of hydrogen-bond acceptors (Lipinski definition) is 3. The highest BCUT2D eigenvalue weighted by Crippen LogP contribution is 2.33. The van der Waals surface area contributed by atoms with E-state index < -0.39 is 11.8 Å². The molecule has 2 aromatic rings. The molecule has 2 rings (SSSR count). The van der Waals surface area contributed by atoms with Crippen LogP contribution in [-0.4, -0.2) is 23.6 Å². The lowest BCUT2D eigenvalue weighted by Crippen LogP contribution is -2.26. The smallest absolute Gasteiger partial charge is 0.191 e. The average Bonchev–Trinajstić information content (AvgIpc) is 2.75. The summed E-state index contributed by atoms with van der Waals surface area (Å²) >= 11 is 0. The summed E-state index contributed by atoms with van der Waals surface area (Å²) in [5, 5.41) is 1.01. The Balaban J connectivity index is 2.59. The summed E-state index contributed by atoms with van der Waals surface area (Å²) in [7, 11) is 1.63. The Morgan fingerprint density at radius 2 is 2.00 bits per heavy atom. The summed E-state index contributed by atoms with van der Waals surface area (Å²) in [6, 6.07) is 5.95. The topological polar surface area (TPSA) is 40.5 Å². The molecule has 1 heterocycles. The van der Waals surface area contributed by atoms with E-state index in [1.807, 2.05) is 56.7 Å². The quantitative estimate of drug-likeness (QED) is 0.802. The standard InChI is InChI=1S/C16H21NO3/c1-11-7-6-8-12-15(11)13(19-5)9-17(12)14(10-18)20-16(2,3)4/h6-10,14H,1-5H3. The summed E-state index contributed by atoms with van der Waals surface area (Å²) in [6.45, 7) is 7.81. The van der Waals surface area contributed by atoms with E-state index in [-0.39, 0.29) is 0 Å². The van der Waals surface area contributed by atoms with E-state index in [0.29, 0.717) is 0 Å². The minimum Gasteiger partial charge on any atom is -0.494 e. The Kier molecular flexibility index (Phi) is 3.86. The van der Waals surface area contributed by atoms with Gasteiger partial charge in [0, 0.05) is 11.6 Å². The average molecular weight is 275 g/mol. The fourth-order valence-electron chi connectivity index (χ4n) is 2.33. The summed E-state index contributed by atoms with van der Waals surface area (Å²) in [6.07, 6.45) is 1.97. The molecule has 0 aliphatic rings. The molecule has 0 aliphatic carbocycles. The van der Waals surface area contributed by atoms with Crippen LogP contribution in [0.25, 0.3) is 10.9 Å². The van der Waals surface area contributed by atoms with Crippen LogP contribution in [0.15, 0.2) is 24.4 Å². The molecule has 4 nitrogen and oxygen atoms in total. The SMILES string of the molecule is COc1cn(C(C=O)OC(C)(C)C)c2cccc(C)c12. The number of ether oxygens (including phenoxy) is 2. The number of aryl methyl sites for hydroxylation is 1. The van der Waals surface area contributed by atoms with Gasteiger partial charge in [0.25, 0.3) is 0 Å². The molecule has 0 aliphatic heterocycles. The lowest BCUT2D eigenvalue weighted by Gasteiger charge is -2.25. The van der Waals surface area contributed by atoms with Gasteiger partial charge in [0.05, 0.1) is 18.2 Å². The van der Waals surface area contributed by atoms with Crippen molar-refractivity contribution in [3.63, 3.8) is 0 Å². The molecule has 20 heavy (non-hydrogen) atoms. The van der Waals surface area contributed by atoms with E-state index in [9.17, 15) is 4.79 Å². The van der Waals surface area contributed by atoms with Gasteiger partial charge in [-0.2, -0.15) is 0 Å². The molecule has 1 atom stereocenters. The van der Waals surface area contributed by atoms with E-state index in [1.165, 1.54) is 0 Å². The van der Waals surface area contributed by atoms with E-state index in [0.717, 1.165) is 28.5 Å². The van der Waals surface area contributed by atoms with Crippen molar-refractivity contribution in [2.24, 2.45) is 0 Å². The summed E-state index contributed by atoms with van der Waals surface area (Å²) in [5.74, 6) is 0.752. The van der Waals surface area contributed by atoms with Crippen molar-refractivity contribution in [2.45, 2.75) is 39.5 Å².